The highest BCUT2D eigenvalue weighted by molar-refractivity contribution is 7.09. The molecule has 1 aromatic heterocycles. The van der Waals surface area contributed by atoms with E-state index in [0.717, 1.165) is 23.8 Å². The van der Waals surface area contributed by atoms with E-state index in [2.05, 4.69) is 29.7 Å². The summed E-state index contributed by atoms with van der Waals surface area (Å²) in [6, 6.07) is 0. The van der Waals surface area contributed by atoms with E-state index in [0.29, 0.717) is 18.4 Å². The van der Waals surface area contributed by atoms with Gasteiger partial charge >= 0.3 is 0 Å². The van der Waals surface area contributed by atoms with E-state index in [1.807, 2.05) is 12.3 Å². The van der Waals surface area contributed by atoms with Crippen molar-refractivity contribution >= 4 is 23.2 Å². The van der Waals surface area contributed by atoms with Crippen LogP contribution in [0.25, 0.3) is 0 Å². The van der Waals surface area contributed by atoms with Crippen LogP contribution in [0.15, 0.2) is 5.38 Å². The minimum atomic E-state index is -0.238. The molecule has 2 atom stereocenters. The van der Waals surface area contributed by atoms with E-state index < -0.39 is 0 Å². The molecule has 1 aliphatic heterocycles. The number of amides is 2. The van der Waals surface area contributed by atoms with Crippen molar-refractivity contribution in [2.45, 2.75) is 33.6 Å². The molecule has 6 nitrogen and oxygen atoms in total. The summed E-state index contributed by atoms with van der Waals surface area (Å²) in [7, 11) is 0. The van der Waals surface area contributed by atoms with Crippen molar-refractivity contribution in [3.05, 3.63) is 16.1 Å². The Bertz CT molecular complexity index is 521. The number of hydrogen-bond donors (Lipinski definition) is 3. The number of carbonyl (C=O) groups excluding carboxylic acids is 2. The number of hydrogen-bond acceptors (Lipinski definition) is 4. The van der Waals surface area contributed by atoms with Gasteiger partial charge in [0.05, 0.1) is 19.5 Å². The first-order valence-electron chi connectivity index (χ1n) is 7.74. The number of quaternary nitrogens is 1. The molecule has 3 N–H and O–H groups in total. The Kier molecular flexibility index (Phi) is 5.90. The quantitative estimate of drug-likeness (QED) is 0.666. The number of hydrazine groups is 1. The predicted octanol–water partition coefficient (Wildman–Crippen LogP) is -0.298. The van der Waals surface area contributed by atoms with E-state index in [9.17, 15) is 9.59 Å². The zero-order chi connectivity index (χ0) is 16.1. The molecule has 2 rings (SSSR count). The van der Waals surface area contributed by atoms with Crippen LogP contribution in [0.4, 0.5) is 0 Å². The zero-order valence-electron chi connectivity index (χ0n) is 13.4. The summed E-state index contributed by atoms with van der Waals surface area (Å²) >= 11 is 1.45. The van der Waals surface area contributed by atoms with Crippen LogP contribution < -0.4 is 15.8 Å². The summed E-state index contributed by atoms with van der Waals surface area (Å²) in [5, 5.41) is 2.66. The molecule has 1 aromatic rings. The third-order valence-corrected chi connectivity index (χ3v) is 4.78. The molecule has 22 heavy (non-hydrogen) atoms. The summed E-state index contributed by atoms with van der Waals surface area (Å²) in [4.78, 5) is 29.2. The standard InChI is InChI=1S/C15H24N4O2S/c1-10-4-11(2)7-19(6-10)8-14(21)18-17-13(20)5-15-16-12(3)9-22-15/h9-11H,4-8H2,1-3H3,(H,17,20)(H,18,21)/p+1/t10-,11-/m0/s1. The van der Waals surface area contributed by atoms with Gasteiger partial charge in [0, 0.05) is 22.9 Å². The van der Waals surface area contributed by atoms with Crippen molar-refractivity contribution in [3.63, 3.8) is 0 Å². The number of aromatic nitrogens is 1. The SMILES string of the molecule is Cc1csc(CC(=O)NNC(=O)C[NH+]2C[C@@H](C)C[C@H](C)C2)n1. The Balaban J connectivity index is 1.69. The molecule has 7 heteroatoms. The molecule has 0 unspecified atom stereocenters. The molecule has 1 fully saturated rings. The topological polar surface area (TPSA) is 75.5 Å². The molecule has 0 radical (unpaired) electrons. The summed E-state index contributed by atoms with van der Waals surface area (Å²) in [6.45, 7) is 8.79. The molecule has 0 bridgehead atoms. The van der Waals surface area contributed by atoms with Crippen LogP contribution in [0.2, 0.25) is 0 Å². The van der Waals surface area contributed by atoms with Gasteiger partial charge < -0.3 is 4.90 Å². The molecule has 2 amide bonds. The highest BCUT2D eigenvalue weighted by Crippen LogP contribution is 2.11. The van der Waals surface area contributed by atoms with Crippen molar-refractivity contribution in [1.82, 2.24) is 15.8 Å². The maximum atomic E-state index is 11.9. The molecular formula is C15H25N4O2S+. The van der Waals surface area contributed by atoms with Crippen molar-refractivity contribution in [2.75, 3.05) is 19.6 Å². The first-order valence-corrected chi connectivity index (χ1v) is 8.62. The van der Waals surface area contributed by atoms with Crippen molar-refractivity contribution in [1.29, 1.82) is 0 Å². The molecule has 0 aromatic carbocycles. The highest BCUT2D eigenvalue weighted by Gasteiger charge is 2.26. The van der Waals surface area contributed by atoms with E-state index in [1.54, 1.807) is 0 Å². The Morgan fingerprint density at radius 1 is 1.27 bits per heavy atom. The van der Waals surface area contributed by atoms with Crippen LogP contribution in [0.1, 0.15) is 31.0 Å². The molecule has 1 saturated heterocycles. The van der Waals surface area contributed by atoms with Crippen LogP contribution in [-0.2, 0) is 16.0 Å². The van der Waals surface area contributed by atoms with Gasteiger partial charge in [-0.15, -0.1) is 11.3 Å². The largest absolute Gasteiger partial charge is 0.327 e. The monoisotopic (exact) mass is 325 g/mol. The van der Waals surface area contributed by atoms with Gasteiger partial charge in [0.2, 0.25) is 5.91 Å². The molecule has 0 saturated carbocycles. The van der Waals surface area contributed by atoms with Gasteiger partial charge in [-0.3, -0.25) is 20.4 Å². The Hall–Kier alpha value is -1.47. The fourth-order valence-corrected chi connectivity index (χ4v) is 3.91. The Morgan fingerprint density at radius 3 is 2.50 bits per heavy atom. The number of thiazole rings is 1. The maximum absolute atomic E-state index is 11.9. The number of nitrogens with one attached hydrogen (secondary N) is 3. The lowest BCUT2D eigenvalue weighted by Crippen LogP contribution is -3.15. The molecule has 0 spiro atoms. The van der Waals surface area contributed by atoms with Crippen molar-refractivity contribution in [3.8, 4) is 0 Å². The van der Waals surface area contributed by atoms with Crippen molar-refractivity contribution in [2.24, 2.45) is 11.8 Å². The predicted molar refractivity (Wildman–Crippen MR) is 85.3 cm³/mol. The van der Waals surface area contributed by atoms with Gasteiger partial charge in [0.15, 0.2) is 6.54 Å². The molecule has 0 aliphatic carbocycles. The van der Waals surface area contributed by atoms with Crippen LogP contribution >= 0.6 is 11.3 Å². The second-order valence-corrected chi connectivity index (χ2v) is 7.38. The summed E-state index contributed by atoms with van der Waals surface area (Å²) < 4.78 is 0. The number of aryl methyl sites for hydroxylation is 1. The lowest BCUT2D eigenvalue weighted by Gasteiger charge is -2.31. The lowest BCUT2D eigenvalue weighted by molar-refractivity contribution is -0.904. The average molecular weight is 325 g/mol. The fraction of sp³-hybridized carbons (Fsp3) is 0.667. The Morgan fingerprint density at radius 2 is 1.91 bits per heavy atom. The third kappa shape index (κ3) is 5.38. The number of likely N-dealkylation sites (tertiary alicyclic amines) is 1. The van der Waals surface area contributed by atoms with Crippen LogP contribution in [0.5, 0.6) is 0 Å². The fourth-order valence-electron chi connectivity index (χ4n) is 3.14. The lowest BCUT2D eigenvalue weighted by atomic mass is 9.92. The first kappa shape index (κ1) is 16.9. The van der Waals surface area contributed by atoms with Gasteiger partial charge in [-0.05, 0) is 13.3 Å². The average Bonchev–Trinajstić information content (AvgIpc) is 2.80. The van der Waals surface area contributed by atoms with E-state index >= 15 is 0 Å². The summed E-state index contributed by atoms with van der Waals surface area (Å²) in [6.07, 6.45) is 1.43. The molecule has 1 aliphatic rings. The van der Waals surface area contributed by atoms with Crippen LogP contribution in [0, 0.1) is 18.8 Å². The van der Waals surface area contributed by atoms with Gasteiger partial charge in [0.25, 0.3) is 5.91 Å². The van der Waals surface area contributed by atoms with E-state index in [-0.39, 0.29) is 18.2 Å². The van der Waals surface area contributed by atoms with Crippen LogP contribution in [0.3, 0.4) is 0 Å². The first-order chi connectivity index (χ1) is 10.4. The number of rotatable bonds is 4. The third-order valence-electron chi connectivity index (χ3n) is 3.81. The van der Waals surface area contributed by atoms with Gasteiger partial charge in [-0.1, -0.05) is 13.8 Å². The molecule has 122 valence electrons. The number of nitrogens with zero attached hydrogens (tertiary/aromatic N) is 1. The summed E-state index contributed by atoms with van der Waals surface area (Å²) in [5.41, 5.74) is 5.88. The summed E-state index contributed by atoms with van der Waals surface area (Å²) in [5.74, 6) is 0.918. The zero-order valence-corrected chi connectivity index (χ0v) is 14.3. The van der Waals surface area contributed by atoms with Crippen molar-refractivity contribution < 1.29 is 14.5 Å². The second-order valence-electron chi connectivity index (χ2n) is 6.44. The van der Waals surface area contributed by atoms with E-state index in [4.69, 9.17) is 0 Å². The molecule has 2 heterocycles. The maximum Gasteiger partial charge on any atom is 0.293 e. The second kappa shape index (κ2) is 7.69. The number of piperidine rings is 1. The minimum absolute atomic E-state index is 0.139. The van der Waals surface area contributed by atoms with Crippen LogP contribution in [-0.4, -0.2) is 36.4 Å². The van der Waals surface area contributed by atoms with Gasteiger partial charge in [-0.2, -0.15) is 0 Å². The minimum Gasteiger partial charge on any atom is -0.327 e. The number of carbonyl (C=O) groups is 2. The highest BCUT2D eigenvalue weighted by atomic mass is 32.1. The smallest absolute Gasteiger partial charge is 0.293 e. The van der Waals surface area contributed by atoms with Gasteiger partial charge in [0.1, 0.15) is 5.01 Å². The van der Waals surface area contributed by atoms with Gasteiger partial charge in [-0.25, -0.2) is 4.98 Å². The Labute approximate surface area is 135 Å². The molecular weight excluding hydrogens is 300 g/mol. The normalized spacial score (nSPS) is 24.8. The van der Waals surface area contributed by atoms with E-state index in [1.165, 1.54) is 22.7 Å².